The zero-order valence-corrected chi connectivity index (χ0v) is 11.8. The molecular formula is C17H17NO3. The van der Waals surface area contributed by atoms with E-state index < -0.39 is 0 Å². The summed E-state index contributed by atoms with van der Waals surface area (Å²) in [5.74, 6) is -0.289. The minimum absolute atomic E-state index is 0.0548. The molecule has 0 aliphatic rings. The average Bonchev–Trinajstić information content (AvgIpc) is 2.54. The van der Waals surface area contributed by atoms with Gasteiger partial charge in [0.15, 0.2) is 5.78 Å². The number of methoxy groups -OCH3 is 1. The maximum Gasteiger partial charge on any atom is 0.255 e. The molecule has 0 saturated carbocycles. The van der Waals surface area contributed by atoms with Crippen molar-refractivity contribution in [3.8, 4) is 0 Å². The fourth-order valence-electron chi connectivity index (χ4n) is 1.95. The van der Waals surface area contributed by atoms with Crippen LogP contribution in [-0.4, -0.2) is 25.4 Å². The maximum absolute atomic E-state index is 12.2. The van der Waals surface area contributed by atoms with Gasteiger partial charge in [0, 0.05) is 24.7 Å². The van der Waals surface area contributed by atoms with Crippen LogP contribution in [0.15, 0.2) is 54.6 Å². The summed E-state index contributed by atoms with van der Waals surface area (Å²) in [6.07, 6.45) is 0.286. The molecule has 2 aromatic rings. The van der Waals surface area contributed by atoms with Crippen LogP contribution in [0, 0.1) is 0 Å². The van der Waals surface area contributed by atoms with Crippen LogP contribution in [0.25, 0.3) is 0 Å². The zero-order chi connectivity index (χ0) is 15.1. The van der Waals surface area contributed by atoms with Gasteiger partial charge in [0.05, 0.1) is 12.3 Å². The monoisotopic (exact) mass is 283 g/mol. The number of amides is 1. The van der Waals surface area contributed by atoms with E-state index in [2.05, 4.69) is 5.32 Å². The number of benzene rings is 2. The molecule has 0 bridgehead atoms. The van der Waals surface area contributed by atoms with Crippen LogP contribution in [0.2, 0.25) is 0 Å². The minimum Gasteiger partial charge on any atom is -0.384 e. The molecule has 0 aliphatic carbocycles. The van der Waals surface area contributed by atoms with Gasteiger partial charge in [-0.2, -0.15) is 0 Å². The Kier molecular flexibility index (Phi) is 5.23. The van der Waals surface area contributed by atoms with Crippen molar-refractivity contribution in [2.45, 2.75) is 6.42 Å². The summed E-state index contributed by atoms with van der Waals surface area (Å²) in [6.45, 7) is 0.361. The number of carbonyl (C=O) groups is 2. The SMILES string of the molecule is COCCC(=O)c1ccccc1NC(=O)c1ccccc1. The highest BCUT2D eigenvalue weighted by atomic mass is 16.5. The number of hydrogen-bond donors (Lipinski definition) is 1. The molecule has 4 nitrogen and oxygen atoms in total. The number of ether oxygens (including phenoxy) is 1. The van der Waals surface area contributed by atoms with Gasteiger partial charge in [-0.3, -0.25) is 9.59 Å². The van der Waals surface area contributed by atoms with Crippen molar-refractivity contribution >= 4 is 17.4 Å². The third-order valence-corrected chi connectivity index (χ3v) is 3.04. The van der Waals surface area contributed by atoms with Crippen molar-refractivity contribution in [1.82, 2.24) is 0 Å². The third-order valence-electron chi connectivity index (χ3n) is 3.04. The van der Waals surface area contributed by atoms with Gasteiger partial charge >= 0.3 is 0 Å². The van der Waals surface area contributed by atoms with Crippen LogP contribution in [0.5, 0.6) is 0 Å². The highest BCUT2D eigenvalue weighted by molar-refractivity contribution is 6.09. The van der Waals surface area contributed by atoms with Gasteiger partial charge in [-0.15, -0.1) is 0 Å². The van der Waals surface area contributed by atoms with Crippen molar-refractivity contribution in [2.75, 3.05) is 19.0 Å². The van der Waals surface area contributed by atoms with Crippen molar-refractivity contribution in [3.05, 3.63) is 65.7 Å². The van der Waals surface area contributed by atoms with Crippen LogP contribution < -0.4 is 5.32 Å². The summed E-state index contributed by atoms with van der Waals surface area (Å²) in [4.78, 5) is 24.3. The Labute approximate surface area is 123 Å². The van der Waals surface area contributed by atoms with Gasteiger partial charge in [0.1, 0.15) is 0 Å². The Morgan fingerprint density at radius 2 is 1.67 bits per heavy atom. The molecule has 0 unspecified atom stereocenters. The highest BCUT2D eigenvalue weighted by Crippen LogP contribution is 2.18. The third kappa shape index (κ3) is 4.00. The van der Waals surface area contributed by atoms with Gasteiger partial charge in [-0.25, -0.2) is 0 Å². The number of ketones is 1. The van der Waals surface area contributed by atoms with Gasteiger partial charge in [-0.05, 0) is 24.3 Å². The number of anilines is 1. The lowest BCUT2D eigenvalue weighted by Gasteiger charge is -2.10. The molecule has 1 amide bonds. The lowest BCUT2D eigenvalue weighted by molar-refractivity contribution is 0.0933. The Hall–Kier alpha value is -2.46. The number of para-hydroxylation sites is 1. The Morgan fingerprint density at radius 3 is 2.38 bits per heavy atom. The maximum atomic E-state index is 12.2. The first kappa shape index (κ1) is 14.9. The van der Waals surface area contributed by atoms with Crippen LogP contribution in [0.1, 0.15) is 27.1 Å². The molecule has 2 aromatic carbocycles. The first-order valence-electron chi connectivity index (χ1n) is 6.70. The summed E-state index contributed by atoms with van der Waals surface area (Å²) in [5, 5.41) is 2.78. The fourth-order valence-corrected chi connectivity index (χ4v) is 1.95. The minimum atomic E-state index is -0.234. The molecule has 0 fully saturated rings. The number of carbonyl (C=O) groups excluding carboxylic acids is 2. The lowest BCUT2D eigenvalue weighted by atomic mass is 10.1. The van der Waals surface area contributed by atoms with E-state index in [1.54, 1.807) is 55.6 Å². The highest BCUT2D eigenvalue weighted by Gasteiger charge is 2.13. The number of hydrogen-bond acceptors (Lipinski definition) is 3. The van der Waals surface area contributed by atoms with Crippen LogP contribution in [0.4, 0.5) is 5.69 Å². The molecule has 0 heterocycles. The second-order valence-corrected chi connectivity index (χ2v) is 4.53. The summed E-state index contributed by atoms with van der Waals surface area (Å²) in [6, 6.07) is 15.9. The summed E-state index contributed by atoms with van der Waals surface area (Å²) >= 11 is 0. The van der Waals surface area contributed by atoms with E-state index >= 15 is 0 Å². The zero-order valence-electron chi connectivity index (χ0n) is 11.8. The Bertz CT molecular complexity index is 623. The molecule has 0 atom stereocenters. The molecule has 21 heavy (non-hydrogen) atoms. The standard InChI is InChI=1S/C17H17NO3/c1-21-12-11-16(19)14-9-5-6-10-15(14)18-17(20)13-7-3-2-4-8-13/h2-10H,11-12H2,1H3,(H,18,20). The van der Waals surface area contributed by atoms with Crippen molar-refractivity contribution in [1.29, 1.82) is 0 Å². The molecule has 0 saturated heterocycles. The second-order valence-electron chi connectivity index (χ2n) is 4.53. The molecule has 0 spiro atoms. The van der Waals surface area contributed by atoms with Gasteiger partial charge in [-0.1, -0.05) is 30.3 Å². The van der Waals surface area contributed by atoms with Crippen LogP contribution in [0.3, 0.4) is 0 Å². The van der Waals surface area contributed by atoms with E-state index in [-0.39, 0.29) is 18.1 Å². The molecule has 0 aromatic heterocycles. The fraction of sp³-hybridized carbons (Fsp3) is 0.176. The first-order valence-corrected chi connectivity index (χ1v) is 6.70. The Morgan fingerprint density at radius 1 is 1.00 bits per heavy atom. The van der Waals surface area contributed by atoms with E-state index in [1.807, 2.05) is 6.07 Å². The van der Waals surface area contributed by atoms with Crippen molar-refractivity contribution in [2.24, 2.45) is 0 Å². The van der Waals surface area contributed by atoms with Crippen molar-refractivity contribution in [3.63, 3.8) is 0 Å². The second kappa shape index (κ2) is 7.36. The average molecular weight is 283 g/mol. The number of nitrogens with one attached hydrogen (secondary N) is 1. The smallest absolute Gasteiger partial charge is 0.255 e. The van der Waals surface area contributed by atoms with Gasteiger partial charge in [0.25, 0.3) is 5.91 Å². The van der Waals surface area contributed by atoms with Gasteiger partial charge < -0.3 is 10.1 Å². The molecule has 0 radical (unpaired) electrons. The molecule has 1 N–H and O–H groups in total. The lowest BCUT2D eigenvalue weighted by Crippen LogP contribution is -2.15. The molecule has 0 aliphatic heterocycles. The first-order chi connectivity index (χ1) is 10.2. The largest absolute Gasteiger partial charge is 0.384 e. The predicted molar refractivity (Wildman–Crippen MR) is 81.7 cm³/mol. The van der Waals surface area contributed by atoms with Crippen LogP contribution >= 0.6 is 0 Å². The molecule has 2 rings (SSSR count). The predicted octanol–water partition coefficient (Wildman–Crippen LogP) is 3.16. The number of rotatable bonds is 6. The summed E-state index contributed by atoms with van der Waals surface area (Å²) in [5.41, 5.74) is 1.57. The Balaban J connectivity index is 2.17. The van der Waals surface area contributed by atoms with Crippen LogP contribution in [-0.2, 0) is 4.74 Å². The molecular weight excluding hydrogens is 266 g/mol. The van der Waals surface area contributed by atoms with Gasteiger partial charge in [0.2, 0.25) is 0 Å². The normalized spacial score (nSPS) is 10.1. The number of Topliss-reactive ketones (excluding diaryl/α,β-unsaturated/α-hetero) is 1. The quantitative estimate of drug-likeness (QED) is 0.828. The van der Waals surface area contributed by atoms with E-state index in [0.29, 0.717) is 23.4 Å². The van der Waals surface area contributed by atoms with Crippen molar-refractivity contribution < 1.29 is 14.3 Å². The summed E-state index contributed by atoms with van der Waals surface area (Å²) in [7, 11) is 1.55. The summed E-state index contributed by atoms with van der Waals surface area (Å²) < 4.78 is 4.92. The van der Waals surface area contributed by atoms with E-state index in [9.17, 15) is 9.59 Å². The molecule has 108 valence electrons. The van der Waals surface area contributed by atoms with E-state index in [0.717, 1.165) is 0 Å². The topological polar surface area (TPSA) is 55.4 Å². The molecule has 4 heteroatoms. The van der Waals surface area contributed by atoms with E-state index in [1.165, 1.54) is 0 Å². The van der Waals surface area contributed by atoms with E-state index in [4.69, 9.17) is 4.74 Å².